The predicted molar refractivity (Wildman–Crippen MR) is 133 cm³/mol. The van der Waals surface area contributed by atoms with Crippen LogP contribution in [0.1, 0.15) is 28.6 Å². The SMILES string of the molecule is COc1cc(CO)cc([C@H](Nc2ccc(C(=N)N)c(OC(=O)C(F)(F)F)c2)c2nn(-c3ncccn3)c(=O)[nH]2)c1. The maximum atomic E-state index is 12.9. The molecule has 0 unspecified atom stereocenters. The summed E-state index contributed by atoms with van der Waals surface area (Å²) in [6.07, 6.45) is -2.48. The normalized spacial score (nSPS) is 12.0. The number of aromatic amines is 1. The fourth-order valence-electron chi connectivity index (χ4n) is 3.62. The number of anilines is 1. The number of hydrogen-bond donors (Lipinski definition) is 5. The van der Waals surface area contributed by atoms with Crippen LogP contribution in [0.15, 0.2) is 59.7 Å². The summed E-state index contributed by atoms with van der Waals surface area (Å²) in [5.74, 6) is -3.42. The third-order valence-electron chi connectivity index (χ3n) is 5.41. The number of amidine groups is 1. The van der Waals surface area contributed by atoms with Crippen LogP contribution in [0.3, 0.4) is 0 Å². The standard InChI is InChI=1S/C24H21F3N8O5/c1-39-15-8-12(11-36)7-13(9-15)18(20-33-23(38)35(34-20)22-30-5-2-6-31-22)32-14-3-4-16(19(28)29)17(10-14)40-21(37)24(25,26)27/h2-10,18,32,36H,11H2,1H3,(H3,28,29)(H,33,34,38)/t18-/m0/s1. The maximum Gasteiger partial charge on any atom is 0.491 e. The lowest BCUT2D eigenvalue weighted by Crippen LogP contribution is -2.29. The summed E-state index contributed by atoms with van der Waals surface area (Å²) >= 11 is 0. The Labute approximate surface area is 222 Å². The van der Waals surface area contributed by atoms with E-state index in [0.717, 1.165) is 10.7 Å². The molecule has 0 aliphatic rings. The number of nitrogens with two attached hydrogens (primary N) is 1. The molecule has 1 atom stereocenters. The second-order valence-electron chi connectivity index (χ2n) is 8.14. The highest BCUT2D eigenvalue weighted by Gasteiger charge is 2.41. The van der Waals surface area contributed by atoms with E-state index in [0.29, 0.717) is 16.9 Å². The van der Waals surface area contributed by atoms with Gasteiger partial charge in [-0.1, -0.05) is 6.07 Å². The van der Waals surface area contributed by atoms with Crippen molar-refractivity contribution in [2.24, 2.45) is 5.73 Å². The number of hydrogen-bond acceptors (Lipinski definition) is 10. The molecule has 0 aliphatic carbocycles. The molecule has 0 radical (unpaired) electrons. The van der Waals surface area contributed by atoms with Crippen LogP contribution < -0.4 is 26.2 Å². The van der Waals surface area contributed by atoms with E-state index < -0.39 is 35.5 Å². The summed E-state index contributed by atoms with van der Waals surface area (Å²) in [6.45, 7) is -0.357. The van der Waals surface area contributed by atoms with Crippen molar-refractivity contribution in [2.45, 2.75) is 18.8 Å². The number of carbonyl (C=O) groups is 1. The third kappa shape index (κ3) is 6.07. The Balaban J connectivity index is 1.82. The molecule has 4 rings (SSSR count). The molecule has 6 N–H and O–H groups in total. The number of aliphatic hydroxyl groups excluding tert-OH is 1. The van der Waals surface area contributed by atoms with Crippen LogP contribution in [0.25, 0.3) is 5.95 Å². The molecule has 2 heterocycles. The minimum atomic E-state index is -5.30. The van der Waals surface area contributed by atoms with Gasteiger partial charge in [0.2, 0.25) is 0 Å². The number of H-pyrrole nitrogens is 1. The Hall–Kier alpha value is -5.25. The number of halogens is 3. The Morgan fingerprint density at radius 3 is 2.58 bits per heavy atom. The highest BCUT2D eigenvalue weighted by Crippen LogP contribution is 2.32. The second kappa shape index (κ2) is 11.2. The van der Waals surface area contributed by atoms with Crippen molar-refractivity contribution >= 4 is 17.5 Å². The number of rotatable bonds is 9. The van der Waals surface area contributed by atoms with Gasteiger partial charge in [0.1, 0.15) is 23.4 Å². The highest BCUT2D eigenvalue weighted by molar-refractivity contribution is 5.99. The fourth-order valence-corrected chi connectivity index (χ4v) is 3.62. The molecule has 208 valence electrons. The van der Waals surface area contributed by atoms with Gasteiger partial charge in [-0.15, -0.1) is 9.78 Å². The van der Waals surface area contributed by atoms with E-state index in [1.54, 1.807) is 24.3 Å². The number of methoxy groups -OCH3 is 1. The van der Waals surface area contributed by atoms with Crippen molar-refractivity contribution in [3.05, 3.63) is 87.9 Å². The number of carbonyl (C=O) groups excluding carboxylic acids is 1. The van der Waals surface area contributed by atoms with Crippen LogP contribution in [0, 0.1) is 5.41 Å². The largest absolute Gasteiger partial charge is 0.497 e. The molecule has 0 bridgehead atoms. The van der Waals surface area contributed by atoms with Gasteiger partial charge in [-0.05, 0) is 41.5 Å². The Bertz CT molecular complexity index is 1580. The Kier molecular flexibility index (Phi) is 7.81. The van der Waals surface area contributed by atoms with Crippen LogP contribution in [-0.4, -0.2) is 54.9 Å². The molecular formula is C24H21F3N8O5. The van der Waals surface area contributed by atoms with Crippen LogP contribution in [-0.2, 0) is 11.4 Å². The molecule has 40 heavy (non-hydrogen) atoms. The van der Waals surface area contributed by atoms with Gasteiger partial charge in [0, 0.05) is 24.1 Å². The van der Waals surface area contributed by atoms with Crippen molar-refractivity contribution in [3.8, 4) is 17.4 Å². The topological polar surface area (TPSA) is 194 Å². The van der Waals surface area contributed by atoms with Crippen molar-refractivity contribution in [1.82, 2.24) is 24.7 Å². The first kappa shape index (κ1) is 27.8. The average molecular weight is 558 g/mol. The zero-order valence-electron chi connectivity index (χ0n) is 20.6. The molecule has 0 amide bonds. The van der Waals surface area contributed by atoms with Gasteiger partial charge in [0.25, 0.3) is 5.95 Å². The van der Waals surface area contributed by atoms with Gasteiger partial charge in [0.05, 0.1) is 19.3 Å². The van der Waals surface area contributed by atoms with Gasteiger partial charge in [-0.25, -0.2) is 19.6 Å². The van der Waals surface area contributed by atoms with Gasteiger partial charge >= 0.3 is 17.8 Å². The monoisotopic (exact) mass is 558 g/mol. The molecular weight excluding hydrogens is 537 g/mol. The number of nitrogen functional groups attached to an aromatic ring is 1. The molecule has 2 aromatic heterocycles. The number of aliphatic hydroxyl groups is 1. The van der Waals surface area contributed by atoms with E-state index in [4.69, 9.17) is 15.9 Å². The Morgan fingerprint density at radius 1 is 1.23 bits per heavy atom. The lowest BCUT2D eigenvalue weighted by molar-refractivity contribution is -0.189. The zero-order chi connectivity index (χ0) is 29.0. The number of nitrogens with one attached hydrogen (secondary N) is 3. The lowest BCUT2D eigenvalue weighted by Gasteiger charge is -2.21. The zero-order valence-corrected chi connectivity index (χ0v) is 20.6. The third-order valence-corrected chi connectivity index (χ3v) is 5.41. The lowest BCUT2D eigenvalue weighted by atomic mass is 10.0. The number of alkyl halides is 3. The molecule has 4 aromatic rings. The second-order valence-corrected chi connectivity index (χ2v) is 8.14. The minimum absolute atomic E-state index is 0.0254. The molecule has 2 aromatic carbocycles. The first-order chi connectivity index (χ1) is 19.0. The van der Waals surface area contributed by atoms with Crippen LogP contribution in [0.2, 0.25) is 0 Å². The summed E-state index contributed by atoms with van der Waals surface area (Å²) in [6, 6.07) is 8.89. The summed E-state index contributed by atoms with van der Waals surface area (Å²) in [5, 5.41) is 24.7. The highest BCUT2D eigenvalue weighted by atomic mass is 19.4. The van der Waals surface area contributed by atoms with Crippen molar-refractivity contribution in [1.29, 1.82) is 5.41 Å². The smallest absolute Gasteiger partial charge is 0.491 e. The summed E-state index contributed by atoms with van der Waals surface area (Å²) < 4.78 is 49.4. The molecule has 13 nitrogen and oxygen atoms in total. The molecule has 0 saturated heterocycles. The van der Waals surface area contributed by atoms with Crippen molar-refractivity contribution < 1.29 is 32.5 Å². The van der Waals surface area contributed by atoms with Crippen molar-refractivity contribution in [2.75, 3.05) is 12.4 Å². The summed E-state index contributed by atoms with van der Waals surface area (Å²) in [7, 11) is 1.41. The quantitative estimate of drug-likeness (QED) is 0.0875. The molecule has 0 aliphatic heterocycles. The average Bonchev–Trinajstić information content (AvgIpc) is 3.32. The van der Waals surface area contributed by atoms with E-state index in [-0.39, 0.29) is 29.6 Å². The van der Waals surface area contributed by atoms with Crippen molar-refractivity contribution in [3.63, 3.8) is 0 Å². The van der Waals surface area contributed by atoms with Gasteiger partial charge in [0.15, 0.2) is 5.82 Å². The molecule has 16 heteroatoms. The van der Waals surface area contributed by atoms with E-state index in [9.17, 15) is 27.9 Å². The van der Waals surface area contributed by atoms with Gasteiger partial charge in [-0.2, -0.15) is 13.2 Å². The number of benzene rings is 2. The predicted octanol–water partition coefficient (Wildman–Crippen LogP) is 1.80. The molecule has 0 spiro atoms. The van der Waals surface area contributed by atoms with Gasteiger partial charge in [-0.3, -0.25) is 10.4 Å². The Morgan fingerprint density at radius 2 is 1.95 bits per heavy atom. The van der Waals surface area contributed by atoms with Crippen LogP contribution >= 0.6 is 0 Å². The van der Waals surface area contributed by atoms with Crippen LogP contribution in [0.4, 0.5) is 18.9 Å². The van der Waals surface area contributed by atoms with E-state index in [2.05, 4.69) is 30.1 Å². The first-order valence-corrected chi connectivity index (χ1v) is 11.3. The molecule has 0 fully saturated rings. The first-order valence-electron chi connectivity index (χ1n) is 11.3. The van der Waals surface area contributed by atoms with E-state index >= 15 is 0 Å². The van der Waals surface area contributed by atoms with E-state index in [1.165, 1.54) is 31.6 Å². The number of ether oxygens (including phenoxy) is 2. The fraction of sp³-hybridized carbons (Fsp3) is 0.167. The maximum absolute atomic E-state index is 12.9. The van der Waals surface area contributed by atoms with E-state index in [1.807, 2.05) is 0 Å². The van der Waals surface area contributed by atoms with Gasteiger partial charge < -0.3 is 25.6 Å². The number of aromatic nitrogens is 5. The summed E-state index contributed by atoms with van der Waals surface area (Å²) in [4.78, 5) is 34.9. The molecule has 0 saturated carbocycles. The number of esters is 1. The minimum Gasteiger partial charge on any atom is -0.497 e. The summed E-state index contributed by atoms with van der Waals surface area (Å²) in [5.41, 5.74) is 5.47. The van der Waals surface area contributed by atoms with Crippen LogP contribution in [0.5, 0.6) is 11.5 Å². The number of nitrogens with zero attached hydrogens (tertiary/aromatic N) is 4.